The molecule has 0 spiro atoms. The Bertz CT molecular complexity index is 887. The number of nitrogens with zero attached hydrogens (tertiary/aromatic N) is 3. The molecule has 2 aromatic heterocycles. The van der Waals surface area contributed by atoms with E-state index in [0.29, 0.717) is 11.6 Å². The zero-order valence-corrected chi connectivity index (χ0v) is 13.7. The van der Waals surface area contributed by atoms with Crippen molar-refractivity contribution in [3.8, 4) is 5.69 Å². The Morgan fingerprint density at radius 1 is 1.25 bits per heavy atom. The summed E-state index contributed by atoms with van der Waals surface area (Å²) in [5.74, 6) is 0.362. The molecule has 4 rings (SSSR count). The van der Waals surface area contributed by atoms with E-state index in [1.807, 2.05) is 48.7 Å². The molecule has 1 amide bonds. The number of carbonyl (C=O) groups is 1. The summed E-state index contributed by atoms with van der Waals surface area (Å²) >= 11 is 0. The Balaban J connectivity index is 1.48. The van der Waals surface area contributed by atoms with E-state index < -0.39 is 0 Å². The predicted octanol–water partition coefficient (Wildman–Crippen LogP) is 3.34. The van der Waals surface area contributed by atoms with Gasteiger partial charge in [0.1, 0.15) is 0 Å². The fourth-order valence-corrected chi connectivity index (χ4v) is 2.72. The number of imidazole rings is 1. The lowest BCUT2D eigenvalue weighted by Crippen LogP contribution is -2.12. The summed E-state index contributed by atoms with van der Waals surface area (Å²) in [7, 11) is 0. The number of anilines is 1. The summed E-state index contributed by atoms with van der Waals surface area (Å²) in [6, 6.07) is 9.54. The third-order valence-electron chi connectivity index (χ3n) is 4.50. The molecule has 0 unspecified atom stereocenters. The van der Waals surface area contributed by atoms with Crippen LogP contribution in [0.3, 0.4) is 0 Å². The van der Waals surface area contributed by atoms with Crippen molar-refractivity contribution in [1.29, 1.82) is 0 Å². The van der Waals surface area contributed by atoms with Crippen molar-refractivity contribution in [3.05, 3.63) is 59.4 Å². The monoisotopic (exact) mass is 321 g/mol. The molecule has 6 nitrogen and oxygen atoms in total. The van der Waals surface area contributed by atoms with E-state index in [1.165, 1.54) is 12.8 Å². The molecule has 3 aromatic rings. The van der Waals surface area contributed by atoms with Gasteiger partial charge in [-0.25, -0.2) is 4.98 Å². The Morgan fingerprint density at radius 2 is 2.00 bits per heavy atom. The van der Waals surface area contributed by atoms with Crippen LogP contribution in [0, 0.1) is 13.8 Å². The van der Waals surface area contributed by atoms with Crippen molar-refractivity contribution < 1.29 is 4.79 Å². The maximum absolute atomic E-state index is 12.3. The molecule has 0 radical (unpaired) electrons. The number of hydrogen-bond acceptors (Lipinski definition) is 3. The zero-order valence-electron chi connectivity index (χ0n) is 13.7. The van der Waals surface area contributed by atoms with Crippen LogP contribution < -0.4 is 5.32 Å². The third-order valence-corrected chi connectivity index (χ3v) is 4.50. The highest BCUT2D eigenvalue weighted by Gasteiger charge is 2.26. The summed E-state index contributed by atoms with van der Waals surface area (Å²) in [6.45, 7) is 4.02. The number of benzene rings is 1. The average Bonchev–Trinajstić information content (AvgIpc) is 3.22. The first-order valence-corrected chi connectivity index (χ1v) is 8.09. The van der Waals surface area contributed by atoms with Gasteiger partial charge in [-0.15, -0.1) is 0 Å². The molecule has 24 heavy (non-hydrogen) atoms. The first-order chi connectivity index (χ1) is 11.6. The number of nitrogens with one attached hydrogen (secondary N) is 2. The molecule has 0 saturated heterocycles. The number of H-pyrrole nitrogens is 1. The smallest absolute Gasteiger partial charge is 0.276 e. The van der Waals surface area contributed by atoms with Crippen LogP contribution in [0.4, 0.5) is 5.69 Å². The minimum absolute atomic E-state index is 0.194. The van der Waals surface area contributed by atoms with Gasteiger partial charge in [0.2, 0.25) is 0 Å². The van der Waals surface area contributed by atoms with Crippen molar-refractivity contribution in [1.82, 2.24) is 19.7 Å². The predicted molar refractivity (Wildman–Crippen MR) is 91.6 cm³/mol. The minimum atomic E-state index is -0.194. The van der Waals surface area contributed by atoms with E-state index in [1.54, 1.807) is 6.33 Å². The average molecular weight is 321 g/mol. The van der Waals surface area contributed by atoms with Crippen molar-refractivity contribution in [2.75, 3.05) is 5.32 Å². The molecule has 6 heteroatoms. The van der Waals surface area contributed by atoms with Crippen molar-refractivity contribution >= 4 is 11.6 Å². The molecule has 2 N–H and O–H groups in total. The summed E-state index contributed by atoms with van der Waals surface area (Å²) in [5.41, 5.74) is 5.37. The Morgan fingerprint density at radius 3 is 2.62 bits per heavy atom. The molecule has 0 bridgehead atoms. The molecular formula is C18H19N5O. The second-order valence-electron chi connectivity index (χ2n) is 6.27. The van der Waals surface area contributed by atoms with Crippen LogP contribution in [-0.2, 0) is 0 Å². The maximum atomic E-state index is 12.3. The molecule has 122 valence electrons. The van der Waals surface area contributed by atoms with Crippen molar-refractivity contribution in [2.24, 2.45) is 0 Å². The number of amides is 1. The second-order valence-corrected chi connectivity index (χ2v) is 6.27. The molecule has 0 aliphatic heterocycles. The van der Waals surface area contributed by atoms with Gasteiger partial charge in [0.05, 0.1) is 12.0 Å². The van der Waals surface area contributed by atoms with E-state index in [0.717, 1.165) is 28.5 Å². The standard InChI is InChI=1S/C18H19N5O/c1-11-12(2)23(10-19-11)15-7-5-14(6-8-15)20-18(24)17-9-16(21-22-17)13-3-4-13/h5-10,13H,3-4H2,1-2H3,(H,20,24)(H,21,22). The van der Waals surface area contributed by atoms with Gasteiger partial charge in [0, 0.05) is 28.7 Å². The van der Waals surface area contributed by atoms with Gasteiger partial charge < -0.3 is 9.88 Å². The summed E-state index contributed by atoms with van der Waals surface area (Å²) < 4.78 is 2.02. The molecule has 1 aromatic carbocycles. The highest BCUT2D eigenvalue weighted by atomic mass is 16.1. The first-order valence-electron chi connectivity index (χ1n) is 8.09. The van der Waals surface area contributed by atoms with Gasteiger partial charge in [0.25, 0.3) is 5.91 Å². The SMILES string of the molecule is Cc1ncn(-c2ccc(NC(=O)c3cc(C4CC4)[nH]n3)cc2)c1C. The topological polar surface area (TPSA) is 75.6 Å². The number of aromatic amines is 1. The van der Waals surface area contributed by atoms with Crippen molar-refractivity contribution in [3.63, 3.8) is 0 Å². The van der Waals surface area contributed by atoms with Gasteiger partial charge in [-0.05, 0) is 57.0 Å². The summed E-state index contributed by atoms with van der Waals surface area (Å²) in [6.07, 6.45) is 4.16. The molecule has 1 fully saturated rings. The van der Waals surface area contributed by atoms with E-state index >= 15 is 0 Å². The lowest BCUT2D eigenvalue weighted by atomic mass is 10.2. The Hall–Kier alpha value is -2.89. The Kier molecular flexibility index (Phi) is 3.45. The summed E-state index contributed by atoms with van der Waals surface area (Å²) in [5, 5.41) is 9.94. The van der Waals surface area contributed by atoms with Crippen molar-refractivity contribution in [2.45, 2.75) is 32.6 Å². The summed E-state index contributed by atoms with van der Waals surface area (Å²) in [4.78, 5) is 16.6. The van der Waals surface area contributed by atoms with E-state index in [-0.39, 0.29) is 5.91 Å². The first kappa shape index (κ1) is 14.7. The van der Waals surface area contributed by atoms with E-state index in [9.17, 15) is 4.79 Å². The zero-order chi connectivity index (χ0) is 16.7. The van der Waals surface area contributed by atoms with Crippen LogP contribution in [0.25, 0.3) is 5.69 Å². The molecular weight excluding hydrogens is 302 g/mol. The number of hydrogen-bond donors (Lipinski definition) is 2. The Labute approximate surface area is 139 Å². The van der Waals surface area contributed by atoms with Crippen LogP contribution in [0.15, 0.2) is 36.7 Å². The van der Waals surface area contributed by atoms with Gasteiger partial charge >= 0.3 is 0 Å². The highest BCUT2D eigenvalue weighted by molar-refractivity contribution is 6.02. The number of carbonyl (C=O) groups excluding carboxylic acids is 1. The fraction of sp³-hybridized carbons (Fsp3) is 0.278. The molecule has 2 heterocycles. The molecule has 1 aliphatic rings. The minimum Gasteiger partial charge on any atom is -0.321 e. The third kappa shape index (κ3) is 2.71. The normalized spacial score (nSPS) is 13.9. The van der Waals surface area contributed by atoms with Crippen LogP contribution in [0.1, 0.15) is 46.3 Å². The van der Waals surface area contributed by atoms with Gasteiger partial charge in [0.15, 0.2) is 5.69 Å². The largest absolute Gasteiger partial charge is 0.321 e. The van der Waals surface area contributed by atoms with Crippen LogP contribution in [-0.4, -0.2) is 25.7 Å². The number of aromatic nitrogens is 4. The van der Waals surface area contributed by atoms with Crippen LogP contribution in [0.5, 0.6) is 0 Å². The van der Waals surface area contributed by atoms with Gasteiger partial charge in [-0.2, -0.15) is 5.10 Å². The molecule has 1 aliphatic carbocycles. The van der Waals surface area contributed by atoms with Crippen LogP contribution in [0.2, 0.25) is 0 Å². The maximum Gasteiger partial charge on any atom is 0.276 e. The lowest BCUT2D eigenvalue weighted by Gasteiger charge is -2.08. The molecule has 1 saturated carbocycles. The number of aryl methyl sites for hydroxylation is 1. The quantitative estimate of drug-likeness (QED) is 0.774. The lowest BCUT2D eigenvalue weighted by molar-refractivity contribution is 0.102. The number of rotatable bonds is 4. The molecule has 0 atom stereocenters. The van der Waals surface area contributed by atoms with E-state index in [4.69, 9.17) is 0 Å². The van der Waals surface area contributed by atoms with Crippen LogP contribution >= 0.6 is 0 Å². The highest BCUT2D eigenvalue weighted by Crippen LogP contribution is 2.39. The van der Waals surface area contributed by atoms with E-state index in [2.05, 4.69) is 20.5 Å². The van der Waals surface area contributed by atoms with Gasteiger partial charge in [-0.3, -0.25) is 9.89 Å². The van der Waals surface area contributed by atoms with Gasteiger partial charge in [-0.1, -0.05) is 0 Å². The fourth-order valence-electron chi connectivity index (χ4n) is 2.72. The second kappa shape index (κ2) is 5.63.